The van der Waals surface area contributed by atoms with E-state index in [9.17, 15) is 4.79 Å². The molecule has 1 heterocycles. The molecule has 4 heteroatoms. The second kappa shape index (κ2) is 7.72. The van der Waals surface area contributed by atoms with E-state index in [-0.39, 0.29) is 5.78 Å². The van der Waals surface area contributed by atoms with Gasteiger partial charge in [0.1, 0.15) is 6.04 Å². The van der Waals surface area contributed by atoms with Crippen LogP contribution in [0.25, 0.3) is 11.3 Å². The van der Waals surface area contributed by atoms with Gasteiger partial charge in [-0.3, -0.25) is 4.79 Å². The number of hydrogen-bond acceptors (Lipinski definition) is 2. The number of hydrogen-bond donors (Lipinski definition) is 0. The zero-order chi connectivity index (χ0) is 18.6. The van der Waals surface area contributed by atoms with Gasteiger partial charge in [0.15, 0.2) is 5.78 Å². The van der Waals surface area contributed by atoms with E-state index >= 15 is 0 Å². The Bertz CT molecular complexity index is 1040. The van der Waals surface area contributed by atoms with Gasteiger partial charge < -0.3 is 0 Å². The molecule has 0 radical (unpaired) electrons. The Morgan fingerprint density at radius 2 is 1.37 bits per heavy atom. The standard InChI is InChI=1S/C23H17BrN2O/c24-20-16-25-26(21(20)17-10-4-1-5-11-17)22(18-12-6-2-7-13-18)23(27)19-14-8-3-9-15-19/h1-16,22H. The van der Waals surface area contributed by atoms with Crippen LogP contribution < -0.4 is 0 Å². The summed E-state index contributed by atoms with van der Waals surface area (Å²) in [5.41, 5.74) is 3.45. The first kappa shape index (κ1) is 17.4. The van der Waals surface area contributed by atoms with Gasteiger partial charge in [-0.25, -0.2) is 4.68 Å². The third-order valence-corrected chi connectivity index (χ3v) is 5.04. The maximum absolute atomic E-state index is 13.5. The molecule has 0 aliphatic heterocycles. The number of benzene rings is 3. The molecule has 0 N–H and O–H groups in total. The van der Waals surface area contributed by atoms with Crippen LogP contribution in [0.2, 0.25) is 0 Å². The van der Waals surface area contributed by atoms with Gasteiger partial charge >= 0.3 is 0 Å². The lowest BCUT2D eigenvalue weighted by atomic mass is 9.97. The second-order valence-electron chi connectivity index (χ2n) is 6.20. The highest BCUT2D eigenvalue weighted by Crippen LogP contribution is 2.33. The first-order valence-electron chi connectivity index (χ1n) is 8.68. The number of Topliss-reactive ketones (excluding diaryl/α,β-unsaturated/α-hetero) is 1. The maximum atomic E-state index is 13.5. The monoisotopic (exact) mass is 416 g/mol. The molecule has 3 aromatic carbocycles. The number of rotatable bonds is 5. The van der Waals surface area contributed by atoms with Crippen LogP contribution in [0, 0.1) is 0 Å². The van der Waals surface area contributed by atoms with Gasteiger partial charge in [-0.15, -0.1) is 0 Å². The summed E-state index contributed by atoms with van der Waals surface area (Å²) in [6.45, 7) is 0. The molecule has 1 atom stereocenters. The SMILES string of the molecule is O=C(c1ccccc1)C(c1ccccc1)n1ncc(Br)c1-c1ccccc1. The molecule has 1 unspecified atom stereocenters. The quantitative estimate of drug-likeness (QED) is 0.386. The number of aromatic nitrogens is 2. The molecule has 0 bridgehead atoms. The molecule has 0 amide bonds. The van der Waals surface area contributed by atoms with Gasteiger partial charge in [0.05, 0.1) is 16.4 Å². The third-order valence-electron chi connectivity index (χ3n) is 4.46. The fourth-order valence-electron chi connectivity index (χ4n) is 3.20. The molecular formula is C23H17BrN2O. The molecule has 3 nitrogen and oxygen atoms in total. The van der Waals surface area contributed by atoms with Crippen LogP contribution in [-0.2, 0) is 0 Å². The van der Waals surface area contributed by atoms with Crippen LogP contribution in [-0.4, -0.2) is 15.6 Å². The molecule has 0 saturated carbocycles. The zero-order valence-corrected chi connectivity index (χ0v) is 16.1. The topological polar surface area (TPSA) is 34.9 Å². The Kier molecular flexibility index (Phi) is 4.99. The summed E-state index contributed by atoms with van der Waals surface area (Å²) in [4.78, 5) is 13.5. The van der Waals surface area contributed by atoms with Gasteiger partial charge in [-0.1, -0.05) is 91.0 Å². The summed E-state index contributed by atoms with van der Waals surface area (Å²) in [7, 11) is 0. The fraction of sp³-hybridized carbons (Fsp3) is 0.0435. The molecule has 132 valence electrons. The summed E-state index contributed by atoms with van der Waals surface area (Å²) < 4.78 is 2.67. The fourth-order valence-corrected chi connectivity index (χ4v) is 3.70. The molecular weight excluding hydrogens is 400 g/mol. The molecule has 0 spiro atoms. The van der Waals surface area contributed by atoms with Crippen LogP contribution in [0.15, 0.2) is 102 Å². The Morgan fingerprint density at radius 1 is 0.815 bits per heavy atom. The van der Waals surface area contributed by atoms with Crippen molar-refractivity contribution in [2.24, 2.45) is 0 Å². The summed E-state index contributed by atoms with van der Waals surface area (Å²) in [6, 6.07) is 28.6. The normalized spacial score (nSPS) is 11.9. The van der Waals surface area contributed by atoms with Crippen molar-refractivity contribution in [3.8, 4) is 11.3 Å². The Labute approximate surface area is 166 Å². The minimum Gasteiger partial charge on any atom is -0.291 e. The van der Waals surface area contributed by atoms with Crippen molar-refractivity contribution in [3.05, 3.63) is 113 Å². The first-order valence-corrected chi connectivity index (χ1v) is 9.47. The first-order chi connectivity index (χ1) is 13.3. The van der Waals surface area contributed by atoms with Crippen LogP contribution in [0.5, 0.6) is 0 Å². The third kappa shape index (κ3) is 3.49. The maximum Gasteiger partial charge on any atom is 0.191 e. The second-order valence-corrected chi connectivity index (χ2v) is 7.05. The molecule has 4 aromatic rings. The van der Waals surface area contributed by atoms with Gasteiger partial charge in [-0.05, 0) is 21.5 Å². The van der Waals surface area contributed by atoms with Gasteiger partial charge in [-0.2, -0.15) is 5.10 Å². The number of ketones is 1. The number of nitrogens with zero attached hydrogens (tertiary/aromatic N) is 2. The predicted octanol–water partition coefficient (Wildman–Crippen LogP) is 5.78. The Morgan fingerprint density at radius 3 is 2.00 bits per heavy atom. The highest BCUT2D eigenvalue weighted by molar-refractivity contribution is 9.10. The van der Waals surface area contributed by atoms with E-state index in [4.69, 9.17) is 0 Å². The number of carbonyl (C=O) groups excluding carboxylic acids is 1. The summed E-state index contributed by atoms with van der Waals surface area (Å²) in [5, 5.41) is 4.56. The van der Waals surface area contributed by atoms with Gasteiger partial charge in [0.25, 0.3) is 0 Å². The van der Waals surface area contributed by atoms with E-state index in [1.165, 1.54) is 0 Å². The van der Waals surface area contributed by atoms with E-state index in [2.05, 4.69) is 21.0 Å². The van der Waals surface area contributed by atoms with E-state index in [0.717, 1.165) is 21.3 Å². The average molecular weight is 417 g/mol. The van der Waals surface area contributed by atoms with E-state index in [0.29, 0.717) is 5.56 Å². The summed E-state index contributed by atoms with van der Waals surface area (Å²) in [6.07, 6.45) is 1.75. The lowest BCUT2D eigenvalue weighted by molar-refractivity contribution is 0.0940. The lowest BCUT2D eigenvalue weighted by Crippen LogP contribution is -2.23. The van der Waals surface area contributed by atoms with Crippen LogP contribution in [0.1, 0.15) is 22.0 Å². The van der Waals surface area contributed by atoms with Crippen molar-refractivity contribution in [2.75, 3.05) is 0 Å². The van der Waals surface area contributed by atoms with Crippen molar-refractivity contribution in [1.29, 1.82) is 0 Å². The van der Waals surface area contributed by atoms with E-state index in [1.54, 1.807) is 6.20 Å². The van der Waals surface area contributed by atoms with E-state index in [1.807, 2.05) is 95.7 Å². The van der Waals surface area contributed by atoms with Crippen LogP contribution >= 0.6 is 15.9 Å². The van der Waals surface area contributed by atoms with Crippen molar-refractivity contribution in [1.82, 2.24) is 9.78 Å². The highest BCUT2D eigenvalue weighted by atomic mass is 79.9. The molecule has 0 fully saturated rings. The van der Waals surface area contributed by atoms with Crippen molar-refractivity contribution < 1.29 is 4.79 Å². The predicted molar refractivity (Wildman–Crippen MR) is 111 cm³/mol. The minimum atomic E-state index is -0.546. The smallest absolute Gasteiger partial charge is 0.191 e. The molecule has 4 rings (SSSR count). The van der Waals surface area contributed by atoms with Gasteiger partial charge in [0, 0.05) is 11.1 Å². The average Bonchev–Trinajstić information content (AvgIpc) is 3.11. The number of carbonyl (C=O) groups is 1. The Balaban J connectivity index is 1.90. The number of halogens is 1. The zero-order valence-electron chi connectivity index (χ0n) is 14.5. The summed E-state index contributed by atoms with van der Waals surface area (Å²) >= 11 is 3.61. The summed E-state index contributed by atoms with van der Waals surface area (Å²) in [5.74, 6) is 0.00887. The van der Waals surface area contributed by atoms with Crippen molar-refractivity contribution in [3.63, 3.8) is 0 Å². The molecule has 0 aliphatic rings. The van der Waals surface area contributed by atoms with Crippen LogP contribution in [0.4, 0.5) is 0 Å². The van der Waals surface area contributed by atoms with Crippen molar-refractivity contribution in [2.45, 2.75) is 6.04 Å². The molecule has 0 aliphatic carbocycles. The lowest BCUT2D eigenvalue weighted by Gasteiger charge is -2.20. The molecule has 1 aromatic heterocycles. The Hall–Kier alpha value is -2.98. The largest absolute Gasteiger partial charge is 0.291 e. The molecule has 0 saturated heterocycles. The van der Waals surface area contributed by atoms with Crippen molar-refractivity contribution >= 4 is 21.7 Å². The van der Waals surface area contributed by atoms with Gasteiger partial charge in [0.2, 0.25) is 0 Å². The van der Waals surface area contributed by atoms with Crippen LogP contribution in [0.3, 0.4) is 0 Å². The minimum absolute atomic E-state index is 0.00887. The highest BCUT2D eigenvalue weighted by Gasteiger charge is 2.28. The van der Waals surface area contributed by atoms with E-state index < -0.39 is 6.04 Å². The molecule has 27 heavy (non-hydrogen) atoms.